The molecule has 0 radical (unpaired) electrons. The average Bonchev–Trinajstić information content (AvgIpc) is 2.13. The van der Waals surface area contributed by atoms with Crippen molar-refractivity contribution in [1.82, 2.24) is 0 Å². The van der Waals surface area contributed by atoms with E-state index in [9.17, 15) is 13.6 Å². The van der Waals surface area contributed by atoms with Gasteiger partial charge in [-0.05, 0) is 11.6 Å². The molecule has 1 aromatic carbocycles. The van der Waals surface area contributed by atoms with Crippen molar-refractivity contribution >= 4 is 17.6 Å². The Morgan fingerprint density at radius 3 is 2.71 bits per heavy atom. The summed E-state index contributed by atoms with van der Waals surface area (Å²) in [5.41, 5.74) is 0.0796. The number of hydrogen-bond acceptors (Lipinski definition) is 2. The van der Waals surface area contributed by atoms with Gasteiger partial charge in [-0.3, -0.25) is 4.79 Å². The summed E-state index contributed by atoms with van der Waals surface area (Å²) in [6.45, 7) is 0. The number of ether oxygens (including phenoxy) is 1. The lowest BCUT2D eigenvalue weighted by Gasteiger charge is -2.03. The number of rotatable bonds is 2. The standard InChI is InChI=1S/C9H7ClF2O2/c1-14-8(13)3-5-2-6(11)4-7(12)9(5)10/h2,4H,3H2,1H3. The molecule has 0 unspecified atom stereocenters. The van der Waals surface area contributed by atoms with Crippen molar-refractivity contribution in [3.05, 3.63) is 34.4 Å². The van der Waals surface area contributed by atoms with Gasteiger partial charge in [0.25, 0.3) is 0 Å². The molecule has 1 aromatic rings. The smallest absolute Gasteiger partial charge is 0.310 e. The summed E-state index contributed by atoms with van der Waals surface area (Å²) < 4.78 is 29.9. The van der Waals surface area contributed by atoms with Crippen molar-refractivity contribution in [3.63, 3.8) is 0 Å². The number of benzene rings is 1. The van der Waals surface area contributed by atoms with Gasteiger partial charge in [-0.2, -0.15) is 0 Å². The van der Waals surface area contributed by atoms with E-state index in [1.807, 2.05) is 0 Å². The molecular formula is C9H7ClF2O2. The van der Waals surface area contributed by atoms with Crippen LogP contribution in [0.25, 0.3) is 0 Å². The number of halogens is 3. The first-order valence-corrected chi connectivity index (χ1v) is 4.12. The maximum absolute atomic E-state index is 12.9. The molecule has 0 spiro atoms. The minimum absolute atomic E-state index is 0.0796. The highest BCUT2D eigenvalue weighted by molar-refractivity contribution is 6.31. The Labute approximate surface area is 84.4 Å². The summed E-state index contributed by atoms with van der Waals surface area (Å²) in [5, 5.41) is -0.253. The Balaban J connectivity index is 3.02. The molecule has 0 aliphatic carbocycles. The topological polar surface area (TPSA) is 26.3 Å². The van der Waals surface area contributed by atoms with E-state index in [0.717, 1.165) is 6.07 Å². The highest BCUT2D eigenvalue weighted by Gasteiger charge is 2.12. The summed E-state index contributed by atoms with van der Waals surface area (Å²) in [7, 11) is 1.19. The Kier molecular flexibility index (Phi) is 3.41. The summed E-state index contributed by atoms with van der Waals surface area (Å²) in [6, 6.07) is 1.66. The second kappa shape index (κ2) is 4.37. The van der Waals surface area contributed by atoms with Crippen LogP contribution < -0.4 is 0 Å². The summed E-state index contributed by atoms with van der Waals surface area (Å²) in [4.78, 5) is 10.8. The highest BCUT2D eigenvalue weighted by atomic mass is 35.5. The van der Waals surface area contributed by atoms with Crippen molar-refractivity contribution in [3.8, 4) is 0 Å². The summed E-state index contributed by atoms with van der Waals surface area (Å²) >= 11 is 5.52. The van der Waals surface area contributed by atoms with Gasteiger partial charge < -0.3 is 4.74 Å². The molecular weight excluding hydrogens is 214 g/mol. The van der Waals surface area contributed by atoms with E-state index in [-0.39, 0.29) is 17.0 Å². The van der Waals surface area contributed by atoms with Crippen molar-refractivity contribution in [2.24, 2.45) is 0 Å². The van der Waals surface area contributed by atoms with Crippen LogP contribution in [0.3, 0.4) is 0 Å². The molecule has 0 aliphatic heterocycles. The Bertz CT molecular complexity index is 366. The highest BCUT2D eigenvalue weighted by Crippen LogP contribution is 2.22. The maximum atomic E-state index is 12.9. The van der Waals surface area contributed by atoms with E-state index in [0.29, 0.717) is 6.07 Å². The lowest BCUT2D eigenvalue weighted by Crippen LogP contribution is -2.06. The van der Waals surface area contributed by atoms with Crippen LogP contribution in [0.4, 0.5) is 8.78 Å². The van der Waals surface area contributed by atoms with E-state index < -0.39 is 17.6 Å². The molecule has 0 atom stereocenters. The first kappa shape index (κ1) is 10.9. The van der Waals surface area contributed by atoms with Crippen LogP contribution in [0.2, 0.25) is 5.02 Å². The van der Waals surface area contributed by atoms with Crippen LogP contribution in [-0.2, 0) is 16.0 Å². The molecule has 0 saturated heterocycles. The van der Waals surface area contributed by atoms with Crippen LogP contribution in [0.1, 0.15) is 5.56 Å². The van der Waals surface area contributed by atoms with Crippen molar-refractivity contribution in [2.75, 3.05) is 7.11 Å². The molecule has 76 valence electrons. The summed E-state index contributed by atoms with van der Waals surface area (Å²) in [6.07, 6.45) is -0.246. The molecule has 2 nitrogen and oxygen atoms in total. The molecule has 5 heteroatoms. The van der Waals surface area contributed by atoms with Gasteiger partial charge >= 0.3 is 5.97 Å². The first-order valence-electron chi connectivity index (χ1n) is 3.75. The molecule has 1 rings (SSSR count). The van der Waals surface area contributed by atoms with Crippen LogP contribution >= 0.6 is 11.6 Å². The van der Waals surface area contributed by atoms with Crippen molar-refractivity contribution in [2.45, 2.75) is 6.42 Å². The molecule has 0 bridgehead atoms. The molecule has 0 aromatic heterocycles. The molecule has 0 aliphatic rings. The van der Waals surface area contributed by atoms with E-state index in [1.54, 1.807) is 0 Å². The van der Waals surface area contributed by atoms with Crippen molar-refractivity contribution < 1.29 is 18.3 Å². The zero-order valence-corrected chi connectivity index (χ0v) is 8.07. The number of methoxy groups -OCH3 is 1. The fourth-order valence-electron chi connectivity index (χ4n) is 0.966. The second-order valence-electron chi connectivity index (χ2n) is 2.61. The lowest BCUT2D eigenvalue weighted by molar-refractivity contribution is -0.139. The van der Waals surface area contributed by atoms with E-state index in [2.05, 4.69) is 4.74 Å². The van der Waals surface area contributed by atoms with Gasteiger partial charge in [-0.1, -0.05) is 11.6 Å². The number of carbonyl (C=O) groups excluding carboxylic acids is 1. The summed E-state index contributed by atoms with van der Waals surface area (Å²) in [5.74, 6) is -2.26. The molecule has 0 saturated carbocycles. The van der Waals surface area contributed by atoms with Gasteiger partial charge in [0.05, 0.1) is 18.6 Å². The van der Waals surface area contributed by atoms with Crippen LogP contribution in [0.15, 0.2) is 12.1 Å². The molecule has 0 amide bonds. The average molecular weight is 221 g/mol. The molecule has 0 fully saturated rings. The van der Waals surface area contributed by atoms with E-state index >= 15 is 0 Å². The van der Waals surface area contributed by atoms with E-state index in [4.69, 9.17) is 11.6 Å². The van der Waals surface area contributed by atoms with Gasteiger partial charge in [0.1, 0.15) is 11.6 Å². The molecule has 0 heterocycles. The lowest BCUT2D eigenvalue weighted by atomic mass is 10.1. The predicted octanol–water partition coefficient (Wildman–Crippen LogP) is 2.33. The fraction of sp³-hybridized carbons (Fsp3) is 0.222. The van der Waals surface area contributed by atoms with Crippen LogP contribution in [0.5, 0.6) is 0 Å². The predicted molar refractivity (Wildman–Crippen MR) is 47.1 cm³/mol. The fourth-order valence-corrected chi connectivity index (χ4v) is 1.14. The zero-order chi connectivity index (χ0) is 10.7. The van der Waals surface area contributed by atoms with Crippen LogP contribution in [0, 0.1) is 11.6 Å². The molecule has 14 heavy (non-hydrogen) atoms. The largest absolute Gasteiger partial charge is 0.469 e. The van der Waals surface area contributed by atoms with Gasteiger partial charge in [0.15, 0.2) is 0 Å². The number of esters is 1. The number of hydrogen-bond donors (Lipinski definition) is 0. The Morgan fingerprint density at radius 2 is 2.14 bits per heavy atom. The van der Waals surface area contributed by atoms with Gasteiger partial charge in [-0.15, -0.1) is 0 Å². The first-order chi connectivity index (χ1) is 6.54. The van der Waals surface area contributed by atoms with Gasteiger partial charge in [-0.25, -0.2) is 8.78 Å². The second-order valence-corrected chi connectivity index (χ2v) is 2.99. The third-order valence-electron chi connectivity index (χ3n) is 1.63. The quantitative estimate of drug-likeness (QED) is 0.565. The SMILES string of the molecule is COC(=O)Cc1cc(F)cc(F)c1Cl. The number of carbonyl (C=O) groups is 1. The third kappa shape index (κ3) is 2.42. The van der Waals surface area contributed by atoms with Crippen molar-refractivity contribution in [1.29, 1.82) is 0 Å². The van der Waals surface area contributed by atoms with E-state index in [1.165, 1.54) is 7.11 Å². The van der Waals surface area contributed by atoms with Crippen LogP contribution in [-0.4, -0.2) is 13.1 Å². The monoisotopic (exact) mass is 220 g/mol. The Morgan fingerprint density at radius 1 is 1.50 bits per heavy atom. The Hall–Kier alpha value is -1.16. The van der Waals surface area contributed by atoms with Gasteiger partial charge in [0.2, 0.25) is 0 Å². The normalized spacial score (nSPS) is 10.0. The molecule has 0 N–H and O–H groups in total. The zero-order valence-electron chi connectivity index (χ0n) is 7.31. The maximum Gasteiger partial charge on any atom is 0.310 e. The van der Waals surface area contributed by atoms with Gasteiger partial charge in [0, 0.05) is 6.07 Å². The minimum atomic E-state index is -0.884. The minimum Gasteiger partial charge on any atom is -0.469 e. The third-order valence-corrected chi connectivity index (χ3v) is 2.05.